The van der Waals surface area contributed by atoms with Crippen LogP contribution in [0.4, 0.5) is 5.69 Å². The number of amides is 2. The maximum absolute atomic E-state index is 12.8. The number of para-hydroxylation sites is 1. The number of carbonyl (C=O) groups is 2. The minimum atomic E-state index is -0.118. The number of hydrogen-bond acceptors (Lipinski definition) is 2. The van der Waals surface area contributed by atoms with Gasteiger partial charge in [0.15, 0.2) is 0 Å². The second-order valence-electron chi connectivity index (χ2n) is 6.62. The number of hydrogen-bond donors (Lipinski definition) is 0. The molecule has 4 heteroatoms. The van der Waals surface area contributed by atoms with Crippen molar-refractivity contribution in [2.45, 2.75) is 32.2 Å². The van der Waals surface area contributed by atoms with Crippen molar-refractivity contribution >= 4 is 17.5 Å². The van der Waals surface area contributed by atoms with E-state index in [0.717, 1.165) is 25.1 Å². The summed E-state index contributed by atoms with van der Waals surface area (Å²) < 4.78 is 0. The summed E-state index contributed by atoms with van der Waals surface area (Å²) in [5, 5.41) is 0. The van der Waals surface area contributed by atoms with Gasteiger partial charge in [-0.1, -0.05) is 24.3 Å². The average molecular weight is 336 g/mol. The van der Waals surface area contributed by atoms with Crippen LogP contribution in [-0.2, 0) is 0 Å². The van der Waals surface area contributed by atoms with Crippen molar-refractivity contribution in [3.8, 4) is 0 Å². The van der Waals surface area contributed by atoms with Crippen molar-refractivity contribution < 1.29 is 9.59 Å². The van der Waals surface area contributed by atoms with Gasteiger partial charge < -0.3 is 9.80 Å². The second kappa shape index (κ2) is 7.51. The Hall–Kier alpha value is -2.62. The van der Waals surface area contributed by atoms with Gasteiger partial charge in [-0.2, -0.15) is 0 Å². The van der Waals surface area contributed by atoms with Crippen LogP contribution in [-0.4, -0.2) is 36.3 Å². The van der Waals surface area contributed by atoms with E-state index in [2.05, 4.69) is 6.92 Å². The molecule has 1 atom stereocenters. The van der Waals surface area contributed by atoms with E-state index in [0.29, 0.717) is 11.1 Å². The molecule has 2 aromatic carbocycles. The minimum absolute atomic E-state index is 0.0178. The Morgan fingerprint density at radius 1 is 1.00 bits per heavy atom. The molecule has 0 spiro atoms. The molecule has 0 radical (unpaired) electrons. The summed E-state index contributed by atoms with van der Waals surface area (Å²) >= 11 is 0. The first-order valence-corrected chi connectivity index (χ1v) is 8.82. The number of piperidine rings is 1. The molecule has 1 aliphatic heterocycles. The smallest absolute Gasteiger partial charge is 0.258 e. The van der Waals surface area contributed by atoms with Crippen molar-refractivity contribution in [1.82, 2.24) is 4.90 Å². The fraction of sp³-hybridized carbons (Fsp3) is 0.333. The first-order valence-electron chi connectivity index (χ1n) is 8.82. The zero-order valence-corrected chi connectivity index (χ0v) is 14.8. The molecule has 1 saturated heterocycles. The Balaban J connectivity index is 1.81. The van der Waals surface area contributed by atoms with Gasteiger partial charge in [0, 0.05) is 36.4 Å². The molecular formula is C21H24N2O2. The van der Waals surface area contributed by atoms with Gasteiger partial charge in [0.25, 0.3) is 11.8 Å². The van der Waals surface area contributed by atoms with Crippen LogP contribution in [0.1, 0.15) is 46.9 Å². The predicted molar refractivity (Wildman–Crippen MR) is 100.0 cm³/mol. The maximum Gasteiger partial charge on any atom is 0.258 e. The highest BCUT2D eigenvalue weighted by Gasteiger charge is 2.25. The van der Waals surface area contributed by atoms with E-state index in [1.54, 1.807) is 36.2 Å². The minimum Gasteiger partial charge on any atom is -0.336 e. The Morgan fingerprint density at radius 3 is 2.44 bits per heavy atom. The molecule has 1 fully saturated rings. The average Bonchev–Trinajstić information content (AvgIpc) is 2.67. The molecule has 0 N–H and O–H groups in total. The van der Waals surface area contributed by atoms with Crippen LogP contribution >= 0.6 is 0 Å². The van der Waals surface area contributed by atoms with E-state index in [1.807, 2.05) is 35.2 Å². The van der Waals surface area contributed by atoms with Gasteiger partial charge in [-0.25, -0.2) is 0 Å². The molecule has 1 unspecified atom stereocenters. The molecular weight excluding hydrogens is 312 g/mol. The third kappa shape index (κ3) is 3.73. The molecule has 0 saturated carbocycles. The standard InChI is InChI=1S/C21H24N2O2/c1-16-9-6-7-14-23(16)21(25)18-11-8-10-17(15-18)20(24)22(2)19-12-4-3-5-13-19/h3-5,8,10-13,15-16H,6-7,9,14H2,1-2H3. The lowest BCUT2D eigenvalue weighted by Gasteiger charge is -2.33. The van der Waals surface area contributed by atoms with Gasteiger partial charge in [-0.05, 0) is 56.5 Å². The van der Waals surface area contributed by atoms with Crippen LogP contribution in [0.3, 0.4) is 0 Å². The zero-order chi connectivity index (χ0) is 17.8. The van der Waals surface area contributed by atoms with Crippen LogP contribution in [0.2, 0.25) is 0 Å². The van der Waals surface area contributed by atoms with Crippen LogP contribution in [0.5, 0.6) is 0 Å². The number of nitrogens with zero attached hydrogens (tertiary/aromatic N) is 2. The highest BCUT2D eigenvalue weighted by Crippen LogP contribution is 2.21. The molecule has 130 valence electrons. The lowest BCUT2D eigenvalue weighted by molar-refractivity contribution is 0.0635. The van der Waals surface area contributed by atoms with E-state index < -0.39 is 0 Å². The van der Waals surface area contributed by atoms with Crippen LogP contribution < -0.4 is 4.90 Å². The third-order valence-corrected chi connectivity index (χ3v) is 4.87. The van der Waals surface area contributed by atoms with Gasteiger partial charge in [-0.15, -0.1) is 0 Å². The first kappa shape index (κ1) is 17.2. The summed E-state index contributed by atoms with van der Waals surface area (Å²) in [4.78, 5) is 29.1. The summed E-state index contributed by atoms with van der Waals surface area (Å²) in [6.45, 7) is 2.89. The largest absolute Gasteiger partial charge is 0.336 e. The molecule has 3 rings (SSSR count). The predicted octanol–water partition coefficient (Wildman–Crippen LogP) is 3.98. The highest BCUT2D eigenvalue weighted by atomic mass is 16.2. The lowest BCUT2D eigenvalue weighted by atomic mass is 10.0. The van der Waals surface area contributed by atoms with Crippen molar-refractivity contribution in [1.29, 1.82) is 0 Å². The molecule has 1 aliphatic rings. The summed E-state index contributed by atoms with van der Waals surface area (Å²) in [5.41, 5.74) is 1.94. The molecule has 2 aromatic rings. The Bertz CT molecular complexity index is 758. The van der Waals surface area contributed by atoms with E-state index >= 15 is 0 Å². The van der Waals surface area contributed by atoms with Crippen molar-refractivity contribution in [2.24, 2.45) is 0 Å². The van der Waals surface area contributed by atoms with Crippen molar-refractivity contribution in [2.75, 3.05) is 18.5 Å². The van der Waals surface area contributed by atoms with Crippen LogP contribution in [0.15, 0.2) is 54.6 Å². The van der Waals surface area contributed by atoms with Gasteiger partial charge in [-0.3, -0.25) is 9.59 Å². The Labute approximate surface area is 149 Å². The topological polar surface area (TPSA) is 40.6 Å². The molecule has 25 heavy (non-hydrogen) atoms. The lowest BCUT2D eigenvalue weighted by Crippen LogP contribution is -2.42. The summed E-state index contributed by atoms with van der Waals surface area (Å²) in [5.74, 6) is -0.100. The normalized spacial score (nSPS) is 17.2. The zero-order valence-electron chi connectivity index (χ0n) is 14.8. The third-order valence-electron chi connectivity index (χ3n) is 4.87. The second-order valence-corrected chi connectivity index (χ2v) is 6.62. The Morgan fingerprint density at radius 2 is 1.72 bits per heavy atom. The number of likely N-dealkylation sites (tertiary alicyclic amines) is 1. The first-order chi connectivity index (χ1) is 12.1. The molecule has 0 bridgehead atoms. The van der Waals surface area contributed by atoms with Crippen LogP contribution in [0, 0.1) is 0 Å². The van der Waals surface area contributed by atoms with E-state index in [1.165, 1.54) is 6.42 Å². The van der Waals surface area contributed by atoms with Gasteiger partial charge in [0.1, 0.15) is 0 Å². The summed E-state index contributed by atoms with van der Waals surface area (Å²) in [6.07, 6.45) is 3.26. The van der Waals surface area contributed by atoms with E-state index in [4.69, 9.17) is 0 Å². The van der Waals surface area contributed by atoms with Gasteiger partial charge >= 0.3 is 0 Å². The maximum atomic E-state index is 12.8. The molecule has 0 aromatic heterocycles. The summed E-state index contributed by atoms with van der Waals surface area (Å²) in [7, 11) is 1.75. The fourth-order valence-electron chi connectivity index (χ4n) is 3.31. The fourth-order valence-corrected chi connectivity index (χ4v) is 3.31. The van der Waals surface area contributed by atoms with E-state index in [9.17, 15) is 9.59 Å². The van der Waals surface area contributed by atoms with Gasteiger partial charge in [0.2, 0.25) is 0 Å². The monoisotopic (exact) mass is 336 g/mol. The summed E-state index contributed by atoms with van der Waals surface area (Å²) in [6, 6.07) is 16.8. The Kier molecular flexibility index (Phi) is 5.17. The van der Waals surface area contributed by atoms with E-state index in [-0.39, 0.29) is 17.9 Å². The number of anilines is 1. The number of rotatable bonds is 3. The van der Waals surface area contributed by atoms with Crippen molar-refractivity contribution in [3.63, 3.8) is 0 Å². The molecule has 0 aliphatic carbocycles. The highest BCUT2D eigenvalue weighted by molar-refractivity contribution is 6.07. The quantitative estimate of drug-likeness (QED) is 0.851. The van der Waals surface area contributed by atoms with Crippen molar-refractivity contribution in [3.05, 3.63) is 65.7 Å². The molecule has 2 amide bonds. The SMILES string of the molecule is CC1CCCCN1C(=O)c1cccc(C(=O)N(C)c2ccccc2)c1. The number of carbonyl (C=O) groups excluding carboxylic acids is 2. The molecule has 4 nitrogen and oxygen atoms in total. The number of benzene rings is 2. The van der Waals surface area contributed by atoms with Gasteiger partial charge in [0.05, 0.1) is 0 Å². The molecule has 1 heterocycles. The van der Waals surface area contributed by atoms with Crippen LogP contribution in [0.25, 0.3) is 0 Å².